The Morgan fingerprint density at radius 3 is 2.41 bits per heavy atom. The second-order valence-electron chi connectivity index (χ2n) is 10.1. The van der Waals surface area contributed by atoms with Crippen molar-refractivity contribution in [3.63, 3.8) is 0 Å². The number of fused-ring (bicyclic) bond motifs is 1. The number of benzene rings is 3. The number of carbonyl (C=O) groups is 1. The molecular weight excluding hydrogens is 566 g/mol. The van der Waals surface area contributed by atoms with Crippen molar-refractivity contribution in [3.8, 4) is 28.5 Å². The van der Waals surface area contributed by atoms with E-state index in [1.54, 1.807) is 35.9 Å². The number of methoxy groups -OCH3 is 1. The molecule has 9 nitrogen and oxygen atoms in total. The Morgan fingerprint density at radius 2 is 1.68 bits per heavy atom. The highest BCUT2D eigenvalue weighted by atomic mass is 19.3. The molecule has 1 N–H and O–H groups in total. The van der Waals surface area contributed by atoms with E-state index in [0.717, 1.165) is 21.5 Å². The van der Waals surface area contributed by atoms with Crippen molar-refractivity contribution < 1.29 is 23.0 Å². The molecule has 0 spiro atoms. The van der Waals surface area contributed by atoms with Crippen LogP contribution < -0.4 is 14.8 Å². The molecule has 6 aromatic rings. The van der Waals surface area contributed by atoms with Crippen LogP contribution in [-0.4, -0.2) is 37.4 Å². The maximum absolute atomic E-state index is 14.1. The molecule has 222 valence electrons. The molecule has 3 aromatic heterocycles. The van der Waals surface area contributed by atoms with Gasteiger partial charge in [0.1, 0.15) is 28.5 Å². The van der Waals surface area contributed by atoms with E-state index < -0.39 is 12.3 Å². The number of para-hydroxylation sites is 1. The van der Waals surface area contributed by atoms with Crippen LogP contribution in [0.4, 0.5) is 14.5 Å². The van der Waals surface area contributed by atoms with Crippen molar-refractivity contribution in [2.45, 2.75) is 26.8 Å². The van der Waals surface area contributed by atoms with Gasteiger partial charge in [0.05, 0.1) is 42.6 Å². The van der Waals surface area contributed by atoms with Crippen molar-refractivity contribution >= 4 is 17.2 Å². The van der Waals surface area contributed by atoms with Crippen LogP contribution in [0.2, 0.25) is 0 Å². The highest BCUT2D eigenvalue weighted by Crippen LogP contribution is 2.29. The van der Waals surface area contributed by atoms with Gasteiger partial charge in [-0.15, -0.1) is 0 Å². The quantitative estimate of drug-likeness (QED) is 0.190. The molecule has 0 saturated heterocycles. The van der Waals surface area contributed by atoms with E-state index in [4.69, 9.17) is 9.47 Å². The van der Waals surface area contributed by atoms with Gasteiger partial charge >= 0.3 is 0 Å². The van der Waals surface area contributed by atoms with E-state index in [9.17, 15) is 13.6 Å². The predicted octanol–water partition coefficient (Wildman–Crippen LogP) is 7.25. The number of nitrogens with zero attached hydrogens (tertiary/aromatic N) is 5. The van der Waals surface area contributed by atoms with E-state index in [0.29, 0.717) is 35.0 Å². The summed E-state index contributed by atoms with van der Waals surface area (Å²) in [7, 11) is 1.54. The van der Waals surface area contributed by atoms with Gasteiger partial charge in [0.25, 0.3) is 12.3 Å². The van der Waals surface area contributed by atoms with Crippen molar-refractivity contribution in [2.24, 2.45) is 0 Å². The normalized spacial score (nSPS) is 11.2. The smallest absolute Gasteiger partial charge is 0.280 e. The Labute approximate surface area is 251 Å². The van der Waals surface area contributed by atoms with E-state index in [1.807, 2.05) is 61.5 Å². The summed E-state index contributed by atoms with van der Waals surface area (Å²) >= 11 is 0. The number of anilines is 1. The van der Waals surface area contributed by atoms with Crippen LogP contribution in [0.15, 0.2) is 91.1 Å². The monoisotopic (exact) mass is 594 g/mol. The van der Waals surface area contributed by atoms with Gasteiger partial charge in [0, 0.05) is 5.56 Å². The molecule has 0 bridgehead atoms. The fourth-order valence-electron chi connectivity index (χ4n) is 4.93. The van der Waals surface area contributed by atoms with Crippen LogP contribution in [0.1, 0.15) is 39.4 Å². The lowest BCUT2D eigenvalue weighted by molar-refractivity contribution is 0.102. The van der Waals surface area contributed by atoms with E-state index >= 15 is 0 Å². The first kappa shape index (κ1) is 28.5. The Balaban J connectivity index is 1.27. The first-order chi connectivity index (χ1) is 21.3. The fraction of sp³-hybridized carbons (Fsp3) is 0.152. The molecule has 3 aromatic carbocycles. The van der Waals surface area contributed by atoms with Gasteiger partial charge in [-0.05, 0) is 74.0 Å². The summed E-state index contributed by atoms with van der Waals surface area (Å²) in [6.07, 6.45) is -1.60. The lowest BCUT2D eigenvalue weighted by atomic mass is 10.1. The minimum absolute atomic E-state index is 0.0176. The maximum atomic E-state index is 14.1. The molecule has 3 heterocycles. The topological polar surface area (TPSA) is 95.6 Å². The minimum Gasteiger partial charge on any atom is -0.497 e. The van der Waals surface area contributed by atoms with Crippen molar-refractivity contribution in [1.82, 2.24) is 24.4 Å². The zero-order valence-electron chi connectivity index (χ0n) is 24.2. The highest BCUT2D eigenvalue weighted by Gasteiger charge is 2.23. The molecule has 6 rings (SSSR count). The molecule has 0 fully saturated rings. The molecule has 0 aliphatic rings. The zero-order chi connectivity index (χ0) is 30.8. The third-order valence-corrected chi connectivity index (χ3v) is 7.18. The summed E-state index contributed by atoms with van der Waals surface area (Å²) in [4.78, 5) is 18.1. The number of aromatic nitrogens is 5. The average Bonchev–Trinajstić information content (AvgIpc) is 3.57. The number of rotatable bonds is 9. The Morgan fingerprint density at radius 1 is 0.932 bits per heavy atom. The number of amides is 1. The number of nitrogens with one attached hydrogen (secondary N) is 1. The molecule has 0 radical (unpaired) electrons. The summed E-state index contributed by atoms with van der Waals surface area (Å²) in [5, 5.41) is 11.6. The van der Waals surface area contributed by atoms with Crippen LogP contribution in [0.5, 0.6) is 17.2 Å². The average molecular weight is 595 g/mol. The summed E-state index contributed by atoms with van der Waals surface area (Å²) in [6.45, 7) is 4.08. The highest BCUT2D eigenvalue weighted by molar-refractivity contribution is 6.08. The van der Waals surface area contributed by atoms with E-state index in [1.165, 1.54) is 19.4 Å². The standard InChI is InChI=1S/C33H28F2N6O3/c1-20-30(21(2)40(39-20)19-22-8-7-11-26(16-22)44-25-9-5-4-6-10-25)38-33(42)27-18-36-41-29(31(34)35)17-28(37-32(27)41)23-12-14-24(43-3)15-13-23/h4-18,31H,19H2,1-3H3,(H,38,42). The molecule has 0 saturated carbocycles. The number of ether oxygens (including phenoxy) is 2. The second kappa shape index (κ2) is 12.0. The van der Waals surface area contributed by atoms with Gasteiger partial charge in [0.2, 0.25) is 0 Å². The SMILES string of the molecule is COc1ccc(-c2cc(C(F)F)n3ncc(C(=O)Nc4c(C)nn(Cc5cccc(Oc6ccccc6)c5)c4C)c3n2)cc1. The Kier molecular flexibility index (Phi) is 7.76. The summed E-state index contributed by atoms with van der Waals surface area (Å²) in [5.74, 6) is 1.51. The van der Waals surface area contributed by atoms with Gasteiger partial charge < -0.3 is 14.8 Å². The van der Waals surface area contributed by atoms with Crippen LogP contribution in [0, 0.1) is 13.8 Å². The van der Waals surface area contributed by atoms with Gasteiger partial charge in [-0.2, -0.15) is 10.2 Å². The van der Waals surface area contributed by atoms with Gasteiger partial charge in [0.15, 0.2) is 5.65 Å². The number of carbonyl (C=O) groups excluding carboxylic acids is 1. The second-order valence-corrected chi connectivity index (χ2v) is 10.1. The minimum atomic E-state index is -2.84. The Bertz CT molecular complexity index is 1950. The number of halogens is 2. The molecule has 44 heavy (non-hydrogen) atoms. The molecule has 1 amide bonds. The molecule has 11 heteroatoms. The van der Waals surface area contributed by atoms with Crippen molar-refractivity contribution in [1.29, 1.82) is 0 Å². The molecule has 0 atom stereocenters. The number of aryl methyl sites for hydroxylation is 1. The largest absolute Gasteiger partial charge is 0.497 e. The fourth-order valence-corrected chi connectivity index (χ4v) is 4.93. The van der Waals surface area contributed by atoms with Gasteiger partial charge in [-0.25, -0.2) is 18.3 Å². The van der Waals surface area contributed by atoms with Crippen molar-refractivity contribution in [3.05, 3.63) is 119 Å². The number of alkyl halides is 2. The van der Waals surface area contributed by atoms with Crippen LogP contribution >= 0.6 is 0 Å². The van der Waals surface area contributed by atoms with Gasteiger partial charge in [-0.1, -0.05) is 30.3 Å². The summed E-state index contributed by atoms with van der Waals surface area (Å²) in [5.41, 5.74) is 3.37. The number of hydrogen-bond donors (Lipinski definition) is 1. The summed E-state index contributed by atoms with van der Waals surface area (Å²) in [6, 6.07) is 25.3. The lowest BCUT2D eigenvalue weighted by Crippen LogP contribution is -2.14. The zero-order valence-corrected chi connectivity index (χ0v) is 24.2. The molecule has 0 unspecified atom stereocenters. The Hall–Kier alpha value is -5.58. The predicted molar refractivity (Wildman–Crippen MR) is 162 cm³/mol. The number of hydrogen-bond acceptors (Lipinski definition) is 6. The maximum Gasteiger partial charge on any atom is 0.280 e. The lowest BCUT2D eigenvalue weighted by Gasteiger charge is -2.10. The molecule has 0 aliphatic carbocycles. The third kappa shape index (κ3) is 5.71. The first-order valence-corrected chi connectivity index (χ1v) is 13.8. The van der Waals surface area contributed by atoms with Crippen LogP contribution in [-0.2, 0) is 6.54 Å². The summed E-state index contributed by atoms with van der Waals surface area (Å²) < 4.78 is 42.1. The van der Waals surface area contributed by atoms with Crippen LogP contribution in [0.25, 0.3) is 16.9 Å². The third-order valence-electron chi connectivity index (χ3n) is 7.18. The molecule has 0 aliphatic heterocycles. The van der Waals surface area contributed by atoms with Crippen LogP contribution in [0.3, 0.4) is 0 Å². The molecular formula is C33H28F2N6O3. The van der Waals surface area contributed by atoms with Gasteiger partial charge in [-0.3, -0.25) is 9.48 Å². The van der Waals surface area contributed by atoms with E-state index in [-0.39, 0.29) is 22.6 Å². The van der Waals surface area contributed by atoms with E-state index in [2.05, 4.69) is 20.5 Å². The van der Waals surface area contributed by atoms with Crippen molar-refractivity contribution in [2.75, 3.05) is 12.4 Å². The first-order valence-electron chi connectivity index (χ1n) is 13.8.